The molecule has 0 aliphatic carbocycles. The Morgan fingerprint density at radius 2 is 1.71 bits per heavy atom. The van der Waals surface area contributed by atoms with Crippen LogP contribution in [0.25, 0.3) is 0 Å². The van der Waals surface area contributed by atoms with Gasteiger partial charge in [0.2, 0.25) is 6.41 Å². The number of rotatable bonds is 8. The van der Waals surface area contributed by atoms with Crippen molar-refractivity contribution in [3.05, 3.63) is 35.9 Å². The molecule has 6 heteroatoms. The highest BCUT2D eigenvalue weighted by Gasteiger charge is 2.36. The third kappa shape index (κ3) is 4.91. The van der Waals surface area contributed by atoms with E-state index in [1.54, 1.807) is 0 Å². The zero-order chi connectivity index (χ0) is 15.7. The van der Waals surface area contributed by atoms with Crippen LogP contribution in [0.5, 0.6) is 0 Å². The normalized spacial score (nSPS) is 11.6. The largest absolute Gasteiger partial charge is 0.468 e. The minimum Gasteiger partial charge on any atom is -0.468 e. The molecule has 1 rings (SSSR count). The maximum atomic E-state index is 11.8. The first-order chi connectivity index (χ1) is 10.1. The predicted octanol–water partition coefficient (Wildman–Crippen LogP) is 0.696. The van der Waals surface area contributed by atoms with E-state index >= 15 is 0 Å². The summed E-state index contributed by atoms with van der Waals surface area (Å²) in [6.07, 6.45) is 1.49. The number of esters is 2. The molecule has 1 atom stereocenters. The molecule has 0 saturated carbocycles. The van der Waals surface area contributed by atoms with Gasteiger partial charge in [-0.25, -0.2) is 0 Å². The van der Waals surface area contributed by atoms with Crippen molar-refractivity contribution in [1.29, 1.82) is 0 Å². The monoisotopic (exact) mass is 293 g/mol. The van der Waals surface area contributed by atoms with Gasteiger partial charge in [0.25, 0.3) is 0 Å². The summed E-state index contributed by atoms with van der Waals surface area (Å²) in [7, 11) is 2.38. The molecule has 6 nitrogen and oxygen atoms in total. The first-order valence-electron chi connectivity index (χ1n) is 6.53. The molecule has 0 aliphatic rings. The van der Waals surface area contributed by atoms with Crippen molar-refractivity contribution in [3.8, 4) is 0 Å². The van der Waals surface area contributed by atoms with Crippen LogP contribution in [0.1, 0.15) is 12.0 Å². The van der Waals surface area contributed by atoms with Crippen molar-refractivity contribution in [1.82, 2.24) is 5.32 Å². The highest BCUT2D eigenvalue weighted by Crippen LogP contribution is 2.15. The average molecular weight is 293 g/mol. The molecule has 1 aromatic rings. The SMILES string of the molecule is COC(=O)C(C(=O)OC)[C@H](CCc1ccccc1)NC=O. The second-order valence-electron chi connectivity index (χ2n) is 4.44. The van der Waals surface area contributed by atoms with E-state index in [-0.39, 0.29) is 0 Å². The van der Waals surface area contributed by atoms with Crippen LogP contribution in [0.15, 0.2) is 30.3 Å². The van der Waals surface area contributed by atoms with E-state index in [0.29, 0.717) is 19.3 Å². The van der Waals surface area contributed by atoms with Gasteiger partial charge in [0.15, 0.2) is 5.92 Å². The van der Waals surface area contributed by atoms with Crippen molar-refractivity contribution in [2.24, 2.45) is 5.92 Å². The smallest absolute Gasteiger partial charge is 0.322 e. The summed E-state index contributed by atoms with van der Waals surface area (Å²) >= 11 is 0. The number of ether oxygens (including phenoxy) is 2. The number of methoxy groups -OCH3 is 2. The van der Waals surface area contributed by atoms with E-state index in [9.17, 15) is 14.4 Å². The van der Waals surface area contributed by atoms with Crippen molar-refractivity contribution >= 4 is 18.3 Å². The third-order valence-corrected chi connectivity index (χ3v) is 3.18. The fraction of sp³-hybridized carbons (Fsp3) is 0.400. The zero-order valence-corrected chi connectivity index (χ0v) is 12.1. The lowest BCUT2D eigenvalue weighted by Crippen LogP contribution is -2.45. The molecule has 0 saturated heterocycles. The van der Waals surface area contributed by atoms with Crippen molar-refractivity contribution in [2.75, 3.05) is 14.2 Å². The lowest BCUT2D eigenvalue weighted by Gasteiger charge is -2.22. The Balaban J connectivity index is 2.83. The molecule has 0 spiro atoms. The minimum atomic E-state index is -1.17. The number of nitrogens with one attached hydrogen (secondary N) is 1. The van der Waals surface area contributed by atoms with Gasteiger partial charge in [-0.1, -0.05) is 30.3 Å². The Kier molecular flexibility index (Phi) is 6.94. The van der Waals surface area contributed by atoms with Crippen LogP contribution in [-0.2, 0) is 30.3 Å². The highest BCUT2D eigenvalue weighted by atomic mass is 16.5. The predicted molar refractivity (Wildman–Crippen MR) is 75.3 cm³/mol. The van der Waals surface area contributed by atoms with E-state index in [2.05, 4.69) is 14.8 Å². The summed E-state index contributed by atoms with van der Waals surface area (Å²) in [6, 6.07) is 8.89. The minimum absolute atomic E-state index is 0.414. The molecule has 0 aromatic heterocycles. The number of benzene rings is 1. The van der Waals surface area contributed by atoms with E-state index in [4.69, 9.17) is 0 Å². The van der Waals surface area contributed by atoms with Crippen LogP contribution in [-0.4, -0.2) is 38.6 Å². The van der Waals surface area contributed by atoms with Crippen LogP contribution < -0.4 is 5.32 Å². The fourth-order valence-corrected chi connectivity index (χ4v) is 2.08. The summed E-state index contributed by atoms with van der Waals surface area (Å²) in [6.45, 7) is 0. The number of hydrogen-bond donors (Lipinski definition) is 1. The lowest BCUT2D eigenvalue weighted by atomic mass is 9.93. The number of carbonyl (C=O) groups is 3. The maximum Gasteiger partial charge on any atom is 0.322 e. The molecule has 1 N–H and O–H groups in total. The molecule has 0 radical (unpaired) electrons. The average Bonchev–Trinajstić information content (AvgIpc) is 2.53. The van der Waals surface area contributed by atoms with E-state index in [1.807, 2.05) is 30.3 Å². The molecular weight excluding hydrogens is 274 g/mol. The standard InChI is InChI=1S/C15H19NO5/c1-20-14(18)13(15(19)21-2)12(16-10-17)9-8-11-6-4-3-5-7-11/h3-7,10,12-13H,8-9H2,1-2H3,(H,16,17)/t12-/m0/s1. The van der Waals surface area contributed by atoms with E-state index in [1.165, 1.54) is 14.2 Å². The first kappa shape index (κ1) is 16.7. The third-order valence-electron chi connectivity index (χ3n) is 3.18. The Morgan fingerprint density at radius 1 is 1.14 bits per heavy atom. The highest BCUT2D eigenvalue weighted by molar-refractivity contribution is 5.96. The summed E-state index contributed by atoms with van der Waals surface area (Å²) < 4.78 is 9.24. The molecule has 1 aromatic carbocycles. The summed E-state index contributed by atoms with van der Waals surface area (Å²) in [5, 5.41) is 2.50. The van der Waals surface area contributed by atoms with E-state index < -0.39 is 23.9 Å². The summed E-state index contributed by atoms with van der Waals surface area (Å²) in [5.41, 5.74) is 1.05. The van der Waals surface area contributed by atoms with Crippen LogP contribution >= 0.6 is 0 Å². The molecule has 0 bridgehead atoms. The quantitative estimate of drug-likeness (QED) is 0.433. The molecule has 21 heavy (non-hydrogen) atoms. The fourth-order valence-electron chi connectivity index (χ4n) is 2.08. The second-order valence-corrected chi connectivity index (χ2v) is 4.44. The second kappa shape index (κ2) is 8.73. The van der Waals surface area contributed by atoms with Gasteiger partial charge in [-0.05, 0) is 18.4 Å². The van der Waals surface area contributed by atoms with Gasteiger partial charge in [-0.2, -0.15) is 0 Å². The number of carbonyl (C=O) groups excluding carboxylic acids is 3. The zero-order valence-electron chi connectivity index (χ0n) is 12.1. The van der Waals surface area contributed by atoms with Crippen molar-refractivity contribution in [3.63, 3.8) is 0 Å². The molecule has 0 aliphatic heterocycles. The number of hydrogen-bond acceptors (Lipinski definition) is 5. The molecule has 1 amide bonds. The first-order valence-corrected chi connectivity index (χ1v) is 6.53. The Bertz CT molecular complexity index is 458. The topological polar surface area (TPSA) is 81.7 Å². The van der Waals surface area contributed by atoms with Gasteiger partial charge in [0.1, 0.15) is 0 Å². The van der Waals surface area contributed by atoms with Crippen molar-refractivity contribution in [2.45, 2.75) is 18.9 Å². The molecule has 0 unspecified atom stereocenters. The van der Waals surface area contributed by atoms with Crippen LogP contribution in [0.4, 0.5) is 0 Å². The molecular formula is C15H19NO5. The Labute approximate surface area is 123 Å². The van der Waals surface area contributed by atoms with Gasteiger partial charge in [0, 0.05) is 0 Å². The van der Waals surface area contributed by atoms with Gasteiger partial charge >= 0.3 is 11.9 Å². The molecule has 0 heterocycles. The Morgan fingerprint density at radius 3 is 2.19 bits per heavy atom. The summed E-state index contributed by atoms with van der Waals surface area (Å²) in [5.74, 6) is -2.63. The van der Waals surface area contributed by atoms with E-state index in [0.717, 1.165) is 5.56 Å². The summed E-state index contributed by atoms with van der Waals surface area (Å²) in [4.78, 5) is 34.3. The Hall–Kier alpha value is -2.37. The van der Waals surface area contributed by atoms with Gasteiger partial charge in [-0.3, -0.25) is 14.4 Å². The van der Waals surface area contributed by atoms with Crippen LogP contribution in [0.2, 0.25) is 0 Å². The molecule has 114 valence electrons. The lowest BCUT2D eigenvalue weighted by molar-refractivity contribution is -0.160. The van der Waals surface area contributed by atoms with Gasteiger partial charge in [-0.15, -0.1) is 0 Å². The van der Waals surface area contributed by atoms with Crippen LogP contribution in [0, 0.1) is 5.92 Å². The number of amides is 1. The maximum absolute atomic E-state index is 11.8. The van der Waals surface area contributed by atoms with Gasteiger partial charge < -0.3 is 14.8 Å². The molecule has 0 fully saturated rings. The van der Waals surface area contributed by atoms with Crippen LogP contribution in [0.3, 0.4) is 0 Å². The van der Waals surface area contributed by atoms with Gasteiger partial charge in [0.05, 0.1) is 20.3 Å². The number of aryl methyl sites for hydroxylation is 1. The van der Waals surface area contributed by atoms with Crippen molar-refractivity contribution < 1.29 is 23.9 Å².